The van der Waals surface area contributed by atoms with Crippen LogP contribution < -0.4 is 15.4 Å². The number of carbonyl (C=O) groups excluding carboxylic acids is 1. The number of hydrogen-bond acceptors (Lipinski definition) is 5. The Morgan fingerprint density at radius 2 is 1.85 bits per heavy atom. The second-order valence-electron chi connectivity index (χ2n) is 10.3. The number of benzene rings is 2. The Labute approximate surface area is 211 Å². The largest absolute Gasteiger partial charge is 0.489 e. The van der Waals surface area contributed by atoms with Crippen LogP contribution in [0.25, 0.3) is 0 Å². The maximum absolute atomic E-state index is 12.0. The Kier molecular flexibility index (Phi) is 8.17. The fraction of sp³-hybridized carbons (Fsp3) is 0.519. The molecule has 0 radical (unpaired) electrons. The minimum atomic E-state index is -0.458. The van der Waals surface area contributed by atoms with Crippen LogP contribution in [0.3, 0.4) is 0 Å². The summed E-state index contributed by atoms with van der Waals surface area (Å²) in [6.45, 7) is 10.1. The summed E-state index contributed by atoms with van der Waals surface area (Å²) >= 11 is 3.46. The highest BCUT2D eigenvalue weighted by Crippen LogP contribution is 2.41. The molecule has 0 spiro atoms. The number of halogens is 1. The van der Waals surface area contributed by atoms with E-state index in [0.717, 1.165) is 48.4 Å². The van der Waals surface area contributed by atoms with Crippen molar-refractivity contribution in [2.45, 2.75) is 63.8 Å². The minimum Gasteiger partial charge on any atom is -0.489 e. The van der Waals surface area contributed by atoms with Crippen molar-refractivity contribution in [1.29, 1.82) is 0 Å². The first-order chi connectivity index (χ1) is 16.2. The van der Waals surface area contributed by atoms with Crippen molar-refractivity contribution >= 4 is 22.0 Å². The van der Waals surface area contributed by atoms with E-state index >= 15 is 0 Å². The van der Waals surface area contributed by atoms with Gasteiger partial charge in [-0.1, -0.05) is 40.2 Å². The van der Waals surface area contributed by atoms with Crippen molar-refractivity contribution < 1.29 is 14.3 Å². The van der Waals surface area contributed by atoms with Gasteiger partial charge in [0.15, 0.2) is 0 Å². The molecule has 2 fully saturated rings. The molecule has 0 aromatic heterocycles. The van der Waals surface area contributed by atoms with Gasteiger partial charge in [-0.3, -0.25) is 4.90 Å². The van der Waals surface area contributed by atoms with Crippen LogP contribution in [-0.4, -0.2) is 54.9 Å². The second kappa shape index (κ2) is 11.1. The summed E-state index contributed by atoms with van der Waals surface area (Å²) < 4.78 is 12.4. The molecular formula is C27H36BrN3O3. The molecule has 184 valence electrons. The molecule has 6 nitrogen and oxygen atoms in total. The van der Waals surface area contributed by atoms with Gasteiger partial charge in [0.1, 0.15) is 18.0 Å². The number of rotatable bonds is 9. The quantitative estimate of drug-likeness (QED) is 0.474. The molecule has 1 heterocycles. The van der Waals surface area contributed by atoms with Gasteiger partial charge in [-0.05, 0) is 69.0 Å². The number of nitrogens with zero attached hydrogens (tertiary/aromatic N) is 1. The smallest absolute Gasteiger partial charge is 0.407 e. The molecule has 34 heavy (non-hydrogen) atoms. The van der Waals surface area contributed by atoms with Crippen molar-refractivity contribution in [2.24, 2.45) is 0 Å². The Hall–Kier alpha value is -2.09. The van der Waals surface area contributed by atoms with Crippen LogP contribution in [0.5, 0.6) is 5.75 Å². The third kappa shape index (κ3) is 7.72. The lowest BCUT2D eigenvalue weighted by atomic mass is 10.1. The van der Waals surface area contributed by atoms with E-state index in [1.165, 1.54) is 12.0 Å². The maximum Gasteiger partial charge on any atom is 0.407 e. The number of ether oxygens (including phenoxy) is 2. The van der Waals surface area contributed by atoms with E-state index in [-0.39, 0.29) is 12.1 Å². The molecule has 2 aliphatic rings. The molecule has 1 saturated carbocycles. The van der Waals surface area contributed by atoms with Crippen molar-refractivity contribution in [3.8, 4) is 5.75 Å². The summed E-state index contributed by atoms with van der Waals surface area (Å²) in [4.78, 5) is 14.4. The van der Waals surface area contributed by atoms with Gasteiger partial charge in [-0.2, -0.15) is 0 Å². The van der Waals surface area contributed by atoms with Crippen molar-refractivity contribution in [1.82, 2.24) is 15.5 Å². The Bertz CT molecular complexity index is 943. The van der Waals surface area contributed by atoms with E-state index in [0.29, 0.717) is 18.6 Å². The third-order valence-electron chi connectivity index (χ3n) is 6.25. The van der Waals surface area contributed by atoms with Gasteiger partial charge in [-0.25, -0.2) is 4.79 Å². The first-order valence-corrected chi connectivity index (χ1v) is 13.0. The first-order valence-electron chi connectivity index (χ1n) is 12.2. The summed E-state index contributed by atoms with van der Waals surface area (Å²) in [7, 11) is 0. The van der Waals surface area contributed by atoms with Crippen LogP contribution in [0.2, 0.25) is 0 Å². The minimum absolute atomic E-state index is 0.174. The van der Waals surface area contributed by atoms with Gasteiger partial charge in [0.25, 0.3) is 0 Å². The second-order valence-corrected chi connectivity index (χ2v) is 11.2. The number of amides is 1. The summed E-state index contributed by atoms with van der Waals surface area (Å²) in [5.74, 6) is 1.49. The number of nitrogens with one attached hydrogen (secondary N) is 2. The van der Waals surface area contributed by atoms with E-state index in [1.807, 2.05) is 32.9 Å². The molecule has 1 aliphatic heterocycles. The molecule has 4 rings (SSSR count). The van der Waals surface area contributed by atoms with Crippen LogP contribution in [0, 0.1) is 0 Å². The standard InChI is InChI=1S/C27H36BrN3O3/c1-27(2,3)34-26(32)30-22-12-14-31(17-22)15-13-29-25-16-24(25)20-6-10-23(11-7-20)33-18-19-4-8-21(28)9-5-19/h4-11,22,24-25,29H,12-18H2,1-3H3,(H,30,32)/t22-,24+,25-/m1/s1. The topological polar surface area (TPSA) is 62.8 Å². The van der Waals surface area contributed by atoms with E-state index in [9.17, 15) is 4.79 Å². The van der Waals surface area contributed by atoms with Crippen LogP contribution in [0.15, 0.2) is 53.0 Å². The number of likely N-dealkylation sites (tertiary alicyclic amines) is 1. The van der Waals surface area contributed by atoms with Gasteiger partial charge < -0.3 is 20.1 Å². The zero-order valence-corrected chi connectivity index (χ0v) is 21.9. The molecule has 1 aliphatic carbocycles. The predicted octanol–water partition coefficient (Wildman–Crippen LogP) is 5.07. The van der Waals surface area contributed by atoms with E-state index in [1.54, 1.807) is 0 Å². The van der Waals surface area contributed by atoms with Gasteiger partial charge >= 0.3 is 6.09 Å². The molecule has 2 aromatic rings. The molecule has 0 bridgehead atoms. The Morgan fingerprint density at radius 1 is 1.12 bits per heavy atom. The van der Waals surface area contributed by atoms with Gasteiger partial charge in [0.2, 0.25) is 0 Å². The highest BCUT2D eigenvalue weighted by atomic mass is 79.9. The monoisotopic (exact) mass is 529 g/mol. The van der Waals surface area contributed by atoms with Crippen molar-refractivity contribution in [3.05, 3.63) is 64.1 Å². The molecule has 1 saturated heterocycles. The van der Waals surface area contributed by atoms with Crippen LogP contribution in [0.4, 0.5) is 4.79 Å². The molecule has 7 heteroatoms. The maximum atomic E-state index is 12.0. The molecule has 2 N–H and O–H groups in total. The zero-order chi connectivity index (χ0) is 24.1. The highest BCUT2D eigenvalue weighted by molar-refractivity contribution is 9.10. The lowest BCUT2D eigenvalue weighted by molar-refractivity contribution is 0.0506. The van der Waals surface area contributed by atoms with E-state index < -0.39 is 5.60 Å². The van der Waals surface area contributed by atoms with Gasteiger partial charge in [0.05, 0.1) is 0 Å². The Balaban J connectivity index is 1.11. The summed E-state index contributed by atoms with van der Waals surface area (Å²) in [6.07, 6.45) is 1.84. The summed E-state index contributed by atoms with van der Waals surface area (Å²) in [5, 5.41) is 6.69. The SMILES string of the molecule is CC(C)(C)OC(=O)N[C@@H]1CCN(CCN[C@@H]2C[C@H]2c2ccc(OCc3ccc(Br)cc3)cc2)C1. The molecule has 1 amide bonds. The normalized spacial score (nSPS) is 22.4. The van der Waals surface area contributed by atoms with Crippen LogP contribution in [0.1, 0.15) is 50.7 Å². The lowest BCUT2D eigenvalue weighted by Crippen LogP contribution is -2.41. The number of alkyl carbamates (subject to hydrolysis) is 1. The van der Waals surface area contributed by atoms with E-state index in [4.69, 9.17) is 9.47 Å². The van der Waals surface area contributed by atoms with Crippen LogP contribution >= 0.6 is 15.9 Å². The third-order valence-corrected chi connectivity index (χ3v) is 6.77. The van der Waals surface area contributed by atoms with Gasteiger partial charge in [-0.15, -0.1) is 0 Å². The Morgan fingerprint density at radius 3 is 2.56 bits per heavy atom. The van der Waals surface area contributed by atoms with Crippen molar-refractivity contribution in [3.63, 3.8) is 0 Å². The molecule has 0 unspecified atom stereocenters. The highest BCUT2D eigenvalue weighted by Gasteiger charge is 2.37. The van der Waals surface area contributed by atoms with E-state index in [2.05, 4.69) is 67.9 Å². The van der Waals surface area contributed by atoms with Crippen molar-refractivity contribution in [2.75, 3.05) is 26.2 Å². The van der Waals surface area contributed by atoms with Crippen LogP contribution in [-0.2, 0) is 11.3 Å². The van der Waals surface area contributed by atoms with Gasteiger partial charge in [0, 0.05) is 48.7 Å². The fourth-order valence-corrected chi connectivity index (χ4v) is 4.65. The molecule has 3 atom stereocenters. The predicted molar refractivity (Wildman–Crippen MR) is 138 cm³/mol. The number of hydrogen-bond donors (Lipinski definition) is 2. The number of carbonyl (C=O) groups is 1. The summed E-state index contributed by atoms with van der Waals surface area (Å²) in [5.41, 5.74) is 2.07. The summed E-state index contributed by atoms with van der Waals surface area (Å²) in [6, 6.07) is 17.5. The zero-order valence-electron chi connectivity index (χ0n) is 20.4. The average Bonchev–Trinajstić information content (AvgIpc) is 3.42. The fourth-order valence-electron chi connectivity index (χ4n) is 4.38. The molecular weight excluding hydrogens is 494 g/mol. The first kappa shape index (κ1) is 25.0. The molecule has 2 aromatic carbocycles. The average molecular weight is 531 g/mol. The lowest BCUT2D eigenvalue weighted by Gasteiger charge is -2.22.